The zero-order chi connectivity index (χ0) is 18.2. The minimum absolute atomic E-state index is 0. The second kappa shape index (κ2) is 11.3. The van der Waals surface area contributed by atoms with Crippen LogP contribution in [0.15, 0.2) is 36.4 Å². The van der Waals surface area contributed by atoms with Crippen LogP contribution in [-0.2, 0) is 13.2 Å². The molecule has 0 aromatic heterocycles. The molecule has 0 aliphatic heterocycles. The number of hydrogen-bond donors (Lipinski definition) is 1. The van der Waals surface area contributed by atoms with E-state index in [-0.39, 0.29) is 24.8 Å². The summed E-state index contributed by atoms with van der Waals surface area (Å²) >= 11 is 6.03. The number of ether oxygens (including phenoxy) is 2. The summed E-state index contributed by atoms with van der Waals surface area (Å²) < 4.78 is 24.3. The fraction of sp³-hybridized carbons (Fsp3) is 0.400. The molecule has 3 nitrogen and oxygen atoms in total. The lowest BCUT2D eigenvalue weighted by Crippen LogP contribution is -2.16. The Balaban J connectivity index is 0.00000338. The van der Waals surface area contributed by atoms with Crippen molar-refractivity contribution >= 4 is 24.0 Å². The lowest BCUT2D eigenvalue weighted by molar-refractivity contribution is 0.284. The van der Waals surface area contributed by atoms with Gasteiger partial charge in [-0.25, -0.2) is 4.39 Å². The number of nitrogens with one attached hydrogen (secondary N) is 1. The van der Waals surface area contributed by atoms with Crippen molar-refractivity contribution in [2.45, 2.75) is 33.4 Å². The van der Waals surface area contributed by atoms with E-state index in [1.54, 1.807) is 13.2 Å². The van der Waals surface area contributed by atoms with Gasteiger partial charge in [-0.1, -0.05) is 37.6 Å². The molecule has 0 saturated heterocycles. The molecule has 1 N–H and O–H groups in total. The van der Waals surface area contributed by atoms with Gasteiger partial charge in [0.1, 0.15) is 12.4 Å². The minimum atomic E-state index is -0.361. The van der Waals surface area contributed by atoms with E-state index in [1.165, 1.54) is 12.1 Å². The molecule has 0 heterocycles. The number of halogens is 3. The second-order valence-corrected chi connectivity index (χ2v) is 6.78. The van der Waals surface area contributed by atoms with Crippen LogP contribution in [-0.4, -0.2) is 13.7 Å². The van der Waals surface area contributed by atoms with Crippen molar-refractivity contribution in [3.05, 3.63) is 58.4 Å². The molecule has 6 heteroatoms. The molecule has 2 aromatic rings. The molecule has 2 rings (SSSR count). The third kappa shape index (κ3) is 7.02. The summed E-state index contributed by atoms with van der Waals surface area (Å²) in [5, 5.41) is 3.78. The molecule has 0 aliphatic rings. The average molecular weight is 402 g/mol. The maximum atomic E-state index is 13.1. The highest BCUT2D eigenvalue weighted by Crippen LogP contribution is 2.29. The first-order chi connectivity index (χ1) is 12.0. The van der Waals surface area contributed by atoms with Crippen LogP contribution in [0.1, 0.15) is 31.4 Å². The molecule has 144 valence electrons. The summed E-state index contributed by atoms with van der Waals surface area (Å²) in [5.41, 5.74) is 1.86. The van der Waals surface area contributed by atoms with E-state index in [9.17, 15) is 4.39 Å². The lowest BCUT2D eigenvalue weighted by Gasteiger charge is -2.13. The summed E-state index contributed by atoms with van der Waals surface area (Å²) in [6, 6.07) is 10.1. The van der Waals surface area contributed by atoms with Crippen LogP contribution >= 0.6 is 24.0 Å². The van der Waals surface area contributed by atoms with Crippen LogP contribution in [0.4, 0.5) is 4.39 Å². The van der Waals surface area contributed by atoms with Crippen molar-refractivity contribution in [3.63, 3.8) is 0 Å². The van der Waals surface area contributed by atoms with Gasteiger partial charge < -0.3 is 14.8 Å². The Hall–Kier alpha value is -1.49. The van der Waals surface area contributed by atoms with Crippen LogP contribution in [0.5, 0.6) is 11.5 Å². The van der Waals surface area contributed by atoms with Crippen molar-refractivity contribution in [2.24, 2.45) is 5.92 Å². The Kier molecular flexibility index (Phi) is 9.78. The monoisotopic (exact) mass is 401 g/mol. The van der Waals surface area contributed by atoms with Gasteiger partial charge >= 0.3 is 0 Å². The van der Waals surface area contributed by atoms with Crippen molar-refractivity contribution in [2.75, 3.05) is 13.7 Å². The number of benzene rings is 2. The third-order valence-electron chi connectivity index (χ3n) is 3.85. The molecule has 0 bridgehead atoms. The largest absolute Gasteiger partial charge is 0.493 e. The molecular formula is C20H26Cl2FNO2. The lowest BCUT2D eigenvalue weighted by atomic mass is 10.1. The Morgan fingerprint density at radius 2 is 1.88 bits per heavy atom. The zero-order valence-corrected chi connectivity index (χ0v) is 16.9. The average Bonchev–Trinajstić information content (AvgIpc) is 2.58. The molecule has 0 unspecified atom stereocenters. The Labute approximate surface area is 166 Å². The van der Waals surface area contributed by atoms with Crippen LogP contribution in [0, 0.1) is 11.7 Å². The van der Waals surface area contributed by atoms with Crippen molar-refractivity contribution < 1.29 is 13.9 Å². The Bertz CT molecular complexity index is 696. The summed E-state index contributed by atoms with van der Waals surface area (Å²) in [5.74, 6) is 1.63. The van der Waals surface area contributed by atoms with Crippen LogP contribution in [0.2, 0.25) is 5.02 Å². The SMILES string of the molecule is COc1cc(CNCCC(C)C)ccc1OCc1ccc(F)cc1Cl.Cl. The van der Waals surface area contributed by atoms with Gasteiger partial charge in [0.15, 0.2) is 11.5 Å². The highest BCUT2D eigenvalue weighted by molar-refractivity contribution is 6.31. The van der Waals surface area contributed by atoms with Gasteiger partial charge in [-0.3, -0.25) is 0 Å². The quantitative estimate of drug-likeness (QED) is 0.552. The van der Waals surface area contributed by atoms with E-state index in [4.69, 9.17) is 21.1 Å². The van der Waals surface area contributed by atoms with Gasteiger partial charge in [0.25, 0.3) is 0 Å². The minimum Gasteiger partial charge on any atom is -0.493 e. The predicted molar refractivity (Wildman–Crippen MR) is 107 cm³/mol. The van der Waals surface area contributed by atoms with E-state index in [0.29, 0.717) is 22.4 Å². The van der Waals surface area contributed by atoms with E-state index >= 15 is 0 Å². The van der Waals surface area contributed by atoms with Gasteiger partial charge in [0.05, 0.1) is 12.1 Å². The van der Waals surface area contributed by atoms with Gasteiger partial charge in [-0.2, -0.15) is 0 Å². The summed E-state index contributed by atoms with van der Waals surface area (Å²) in [7, 11) is 1.61. The molecule has 0 saturated carbocycles. The first kappa shape index (κ1) is 22.6. The first-order valence-electron chi connectivity index (χ1n) is 8.44. The summed E-state index contributed by atoms with van der Waals surface area (Å²) in [6.07, 6.45) is 1.15. The highest BCUT2D eigenvalue weighted by atomic mass is 35.5. The molecule has 26 heavy (non-hydrogen) atoms. The van der Waals surface area contributed by atoms with Crippen LogP contribution in [0.3, 0.4) is 0 Å². The Morgan fingerprint density at radius 1 is 1.12 bits per heavy atom. The zero-order valence-electron chi connectivity index (χ0n) is 15.4. The van der Waals surface area contributed by atoms with Crippen molar-refractivity contribution in [1.29, 1.82) is 0 Å². The van der Waals surface area contributed by atoms with Crippen molar-refractivity contribution in [1.82, 2.24) is 5.32 Å². The standard InChI is InChI=1S/C20H25ClFNO2.ClH/c1-14(2)8-9-23-12-15-4-7-19(20(10-15)24-3)25-13-16-5-6-17(22)11-18(16)21;/h4-7,10-11,14,23H,8-9,12-13H2,1-3H3;1H. The maximum Gasteiger partial charge on any atom is 0.161 e. The summed E-state index contributed by atoms with van der Waals surface area (Å²) in [4.78, 5) is 0. The molecule has 0 fully saturated rings. The molecule has 0 spiro atoms. The van der Waals surface area contributed by atoms with E-state index in [1.807, 2.05) is 18.2 Å². The van der Waals surface area contributed by atoms with Gasteiger partial charge in [-0.05, 0) is 48.7 Å². The third-order valence-corrected chi connectivity index (χ3v) is 4.21. The second-order valence-electron chi connectivity index (χ2n) is 6.37. The molecule has 2 aromatic carbocycles. The maximum absolute atomic E-state index is 13.1. The predicted octanol–water partition coefficient (Wildman–Crippen LogP) is 5.62. The normalized spacial score (nSPS) is 10.5. The molecule has 0 atom stereocenters. The molecule has 0 aliphatic carbocycles. The van der Waals surface area contributed by atoms with E-state index < -0.39 is 0 Å². The summed E-state index contributed by atoms with van der Waals surface area (Å²) in [6.45, 7) is 6.45. The van der Waals surface area contributed by atoms with E-state index in [2.05, 4.69) is 19.2 Å². The number of rotatable bonds is 9. The molecule has 0 radical (unpaired) electrons. The number of methoxy groups -OCH3 is 1. The van der Waals surface area contributed by atoms with Gasteiger partial charge in [0, 0.05) is 12.1 Å². The fourth-order valence-corrected chi connectivity index (χ4v) is 2.58. The smallest absolute Gasteiger partial charge is 0.161 e. The molecular weight excluding hydrogens is 376 g/mol. The molecule has 0 amide bonds. The topological polar surface area (TPSA) is 30.5 Å². The highest BCUT2D eigenvalue weighted by Gasteiger charge is 2.08. The van der Waals surface area contributed by atoms with Crippen LogP contribution in [0.25, 0.3) is 0 Å². The Morgan fingerprint density at radius 3 is 2.54 bits per heavy atom. The van der Waals surface area contributed by atoms with Gasteiger partial charge in [-0.15, -0.1) is 12.4 Å². The fourth-order valence-electron chi connectivity index (χ4n) is 2.36. The first-order valence-corrected chi connectivity index (χ1v) is 8.81. The van der Waals surface area contributed by atoms with Gasteiger partial charge in [0.2, 0.25) is 0 Å². The number of hydrogen-bond acceptors (Lipinski definition) is 3. The van der Waals surface area contributed by atoms with Crippen molar-refractivity contribution in [3.8, 4) is 11.5 Å². The van der Waals surface area contributed by atoms with Crippen LogP contribution < -0.4 is 14.8 Å². The van der Waals surface area contributed by atoms with E-state index in [0.717, 1.165) is 30.6 Å².